The van der Waals surface area contributed by atoms with Crippen LogP contribution in [0.2, 0.25) is 0 Å². The summed E-state index contributed by atoms with van der Waals surface area (Å²) < 4.78 is 0. The molecule has 1 aromatic rings. The van der Waals surface area contributed by atoms with E-state index >= 15 is 0 Å². The first-order valence-corrected chi connectivity index (χ1v) is 6.79. The summed E-state index contributed by atoms with van der Waals surface area (Å²) in [4.78, 5) is 2.35. The van der Waals surface area contributed by atoms with Gasteiger partial charge in [0.2, 0.25) is 0 Å². The van der Waals surface area contributed by atoms with Gasteiger partial charge in [-0.2, -0.15) is 0 Å². The highest BCUT2D eigenvalue weighted by Gasteiger charge is 2.18. The van der Waals surface area contributed by atoms with E-state index in [0.717, 1.165) is 19.5 Å². The molecular formula is C15H26N2O. The molecule has 3 nitrogen and oxygen atoms in total. The second kappa shape index (κ2) is 7.39. The summed E-state index contributed by atoms with van der Waals surface area (Å²) in [5.74, 6) is 0. The van der Waals surface area contributed by atoms with Crippen LogP contribution in [0.5, 0.6) is 0 Å². The summed E-state index contributed by atoms with van der Waals surface area (Å²) in [6.07, 6.45) is 3.15. The molecule has 0 saturated carbocycles. The average Bonchev–Trinajstić information content (AvgIpc) is 2.40. The molecule has 0 aliphatic rings. The van der Waals surface area contributed by atoms with E-state index in [2.05, 4.69) is 36.1 Å². The van der Waals surface area contributed by atoms with Crippen LogP contribution in [-0.2, 0) is 0 Å². The van der Waals surface area contributed by atoms with Crippen LogP contribution in [0.25, 0.3) is 0 Å². The zero-order chi connectivity index (χ0) is 13.4. The molecule has 0 saturated heterocycles. The molecule has 0 radical (unpaired) electrons. The van der Waals surface area contributed by atoms with Gasteiger partial charge in [0.1, 0.15) is 0 Å². The van der Waals surface area contributed by atoms with Crippen LogP contribution in [0, 0.1) is 0 Å². The van der Waals surface area contributed by atoms with E-state index in [-0.39, 0.29) is 6.61 Å². The van der Waals surface area contributed by atoms with E-state index in [9.17, 15) is 5.11 Å². The van der Waals surface area contributed by atoms with E-state index in [0.29, 0.717) is 0 Å². The van der Waals surface area contributed by atoms with Gasteiger partial charge in [0.05, 0.1) is 6.61 Å². The van der Waals surface area contributed by atoms with Crippen molar-refractivity contribution in [2.75, 3.05) is 24.6 Å². The molecule has 1 atom stereocenters. The Labute approximate surface area is 111 Å². The minimum atomic E-state index is -0.487. The Kier molecular flexibility index (Phi) is 6.16. The van der Waals surface area contributed by atoms with Gasteiger partial charge in [-0.25, -0.2) is 0 Å². The first kappa shape index (κ1) is 15.0. The van der Waals surface area contributed by atoms with E-state index < -0.39 is 5.54 Å². The molecule has 3 N–H and O–H groups in total. The number of aliphatic hydroxyl groups is 1. The summed E-state index contributed by atoms with van der Waals surface area (Å²) in [6, 6.07) is 10.4. The Morgan fingerprint density at radius 2 is 1.89 bits per heavy atom. The van der Waals surface area contributed by atoms with E-state index in [4.69, 9.17) is 5.73 Å². The van der Waals surface area contributed by atoms with Gasteiger partial charge >= 0.3 is 0 Å². The summed E-state index contributed by atoms with van der Waals surface area (Å²) in [7, 11) is 0. The lowest BCUT2D eigenvalue weighted by Crippen LogP contribution is -2.43. The number of anilines is 1. The number of unbranched alkanes of at least 4 members (excludes halogenated alkanes) is 1. The van der Waals surface area contributed by atoms with Crippen molar-refractivity contribution in [1.82, 2.24) is 0 Å². The summed E-state index contributed by atoms with van der Waals surface area (Å²) in [6.45, 7) is 6.06. The Bertz CT molecular complexity index is 325. The lowest BCUT2D eigenvalue weighted by Gasteiger charge is -2.29. The van der Waals surface area contributed by atoms with Crippen LogP contribution in [0.15, 0.2) is 30.3 Å². The Morgan fingerprint density at radius 1 is 1.22 bits per heavy atom. The van der Waals surface area contributed by atoms with Crippen LogP contribution in [0.4, 0.5) is 5.69 Å². The standard InChI is InChI=1S/C15H26N2O/c1-3-4-11-17(12-10-15(2,16)13-18)14-8-6-5-7-9-14/h5-9,18H,3-4,10-13,16H2,1-2H3. The lowest BCUT2D eigenvalue weighted by molar-refractivity contribution is 0.201. The Hall–Kier alpha value is -1.06. The summed E-state index contributed by atoms with van der Waals surface area (Å²) >= 11 is 0. The van der Waals surface area contributed by atoms with Crippen molar-refractivity contribution < 1.29 is 5.11 Å². The van der Waals surface area contributed by atoms with Gasteiger partial charge in [0.25, 0.3) is 0 Å². The van der Waals surface area contributed by atoms with E-state index in [1.54, 1.807) is 0 Å². The molecule has 0 amide bonds. The fourth-order valence-corrected chi connectivity index (χ4v) is 1.83. The monoisotopic (exact) mass is 250 g/mol. The molecule has 3 heteroatoms. The predicted octanol–water partition coefficient (Wildman–Crippen LogP) is 2.39. The number of hydrogen-bond donors (Lipinski definition) is 2. The number of aliphatic hydroxyl groups excluding tert-OH is 1. The molecule has 102 valence electrons. The summed E-state index contributed by atoms with van der Waals surface area (Å²) in [5, 5.41) is 9.21. The van der Waals surface area contributed by atoms with Crippen LogP contribution in [-0.4, -0.2) is 30.3 Å². The first-order chi connectivity index (χ1) is 8.59. The number of hydrogen-bond acceptors (Lipinski definition) is 3. The molecule has 0 bridgehead atoms. The highest BCUT2D eigenvalue weighted by Crippen LogP contribution is 2.16. The van der Waals surface area contributed by atoms with Crippen LogP contribution < -0.4 is 10.6 Å². The largest absolute Gasteiger partial charge is 0.394 e. The molecule has 18 heavy (non-hydrogen) atoms. The molecule has 1 aromatic carbocycles. The number of benzene rings is 1. The second-order valence-corrected chi connectivity index (χ2v) is 5.24. The van der Waals surface area contributed by atoms with E-state index in [1.165, 1.54) is 18.5 Å². The SMILES string of the molecule is CCCCN(CCC(C)(N)CO)c1ccccc1. The maximum atomic E-state index is 9.21. The minimum absolute atomic E-state index is 0.0312. The lowest BCUT2D eigenvalue weighted by atomic mass is 10.00. The van der Waals surface area contributed by atoms with Gasteiger partial charge in [-0.1, -0.05) is 31.5 Å². The molecule has 0 aromatic heterocycles. The zero-order valence-electron chi connectivity index (χ0n) is 11.6. The third-order valence-electron chi connectivity index (χ3n) is 3.22. The number of nitrogens with two attached hydrogens (primary N) is 1. The Morgan fingerprint density at radius 3 is 2.44 bits per heavy atom. The average molecular weight is 250 g/mol. The van der Waals surface area contributed by atoms with Crippen molar-refractivity contribution in [3.05, 3.63) is 30.3 Å². The van der Waals surface area contributed by atoms with E-state index in [1.807, 2.05) is 13.0 Å². The normalized spacial score (nSPS) is 14.2. The van der Waals surface area contributed by atoms with Crippen LogP contribution in [0.1, 0.15) is 33.1 Å². The van der Waals surface area contributed by atoms with Gasteiger partial charge in [-0.3, -0.25) is 0 Å². The molecule has 0 fully saturated rings. The second-order valence-electron chi connectivity index (χ2n) is 5.24. The third kappa shape index (κ3) is 5.07. The molecule has 0 aliphatic heterocycles. The van der Waals surface area contributed by atoms with Gasteiger partial charge in [-0.15, -0.1) is 0 Å². The molecule has 0 heterocycles. The fraction of sp³-hybridized carbons (Fsp3) is 0.600. The van der Waals surface area contributed by atoms with Crippen molar-refractivity contribution in [2.45, 2.75) is 38.6 Å². The van der Waals surface area contributed by atoms with Crippen molar-refractivity contribution in [1.29, 1.82) is 0 Å². The number of para-hydroxylation sites is 1. The molecule has 0 spiro atoms. The quantitative estimate of drug-likeness (QED) is 0.745. The molecular weight excluding hydrogens is 224 g/mol. The van der Waals surface area contributed by atoms with Gasteiger partial charge in [-0.05, 0) is 31.9 Å². The maximum Gasteiger partial charge on any atom is 0.0609 e. The minimum Gasteiger partial charge on any atom is -0.394 e. The molecule has 1 rings (SSSR count). The predicted molar refractivity (Wildman–Crippen MR) is 77.9 cm³/mol. The van der Waals surface area contributed by atoms with Crippen LogP contribution >= 0.6 is 0 Å². The van der Waals surface area contributed by atoms with Crippen molar-refractivity contribution in [3.63, 3.8) is 0 Å². The van der Waals surface area contributed by atoms with Crippen LogP contribution in [0.3, 0.4) is 0 Å². The highest BCUT2D eigenvalue weighted by molar-refractivity contribution is 5.45. The van der Waals surface area contributed by atoms with Gasteiger partial charge in [0, 0.05) is 24.3 Å². The number of nitrogens with zero attached hydrogens (tertiary/aromatic N) is 1. The summed E-state index contributed by atoms with van der Waals surface area (Å²) in [5.41, 5.74) is 6.74. The molecule has 1 unspecified atom stereocenters. The van der Waals surface area contributed by atoms with Crippen molar-refractivity contribution in [2.24, 2.45) is 5.73 Å². The zero-order valence-corrected chi connectivity index (χ0v) is 11.6. The number of rotatable bonds is 8. The van der Waals surface area contributed by atoms with Gasteiger partial charge in [0.15, 0.2) is 0 Å². The van der Waals surface area contributed by atoms with Crippen molar-refractivity contribution >= 4 is 5.69 Å². The smallest absolute Gasteiger partial charge is 0.0609 e. The third-order valence-corrected chi connectivity index (χ3v) is 3.22. The topological polar surface area (TPSA) is 49.5 Å². The fourth-order valence-electron chi connectivity index (χ4n) is 1.83. The van der Waals surface area contributed by atoms with Gasteiger partial charge < -0.3 is 15.7 Å². The Balaban J connectivity index is 2.62. The van der Waals surface area contributed by atoms with Crippen molar-refractivity contribution in [3.8, 4) is 0 Å². The highest BCUT2D eigenvalue weighted by atomic mass is 16.3. The first-order valence-electron chi connectivity index (χ1n) is 6.79. The maximum absolute atomic E-state index is 9.21. The molecule has 0 aliphatic carbocycles.